The molecule has 0 aliphatic heterocycles. The largest absolute Gasteiger partial charge is 0.612 e. The highest BCUT2D eigenvalue weighted by Crippen LogP contribution is 2.29. The summed E-state index contributed by atoms with van der Waals surface area (Å²) in [5.74, 6) is -0.292. The maximum Gasteiger partial charge on any atom is 0.152 e. The number of hydrogen-bond acceptors (Lipinski definition) is 3. The molecule has 2 heterocycles. The topological polar surface area (TPSA) is 53.8 Å². The van der Waals surface area contributed by atoms with Crippen LogP contribution in [0.2, 0.25) is 0 Å². The van der Waals surface area contributed by atoms with E-state index in [9.17, 15) is 8.94 Å². The summed E-state index contributed by atoms with van der Waals surface area (Å²) in [6.07, 6.45) is 5.10. The van der Waals surface area contributed by atoms with E-state index in [-0.39, 0.29) is 5.82 Å². The second kappa shape index (κ2) is 7.34. The lowest BCUT2D eigenvalue weighted by Crippen LogP contribution is -1.99. The Bertz CT molecular complexity index is 1050. The van der Waals surface area contributed by atoms with Crippen LogP contribution >= 0.6 is 0 Å². The molecule has 6 heteroatoms. The van der Waals surface area contributed by atoms with Gasteiger partial charge in [0.25, 0.3) is 0 Å². The molecule has 0 aliphatic carbocycles. The average molecular weight is 377 g/mol. The molecule has 0 spiro atoms. The van der Waals surface area contributed by atoms with Gasteiger partial charge in [0, 0.05) is 23.5 Å². The lowest BCUT2D eigenvalue weighted by Gasteiger charge is -2.07. The molecule has 0 radical (unpaired) electrons. The number of pyridine rings is 1. The molecule has 134 valence electrons. The zero-order valence-electron chi connectivity index (χ0n) is 14.5. The Morgan fingerprint density at radius 3 is 2.19 bits per heavy atom. The van der Waals surface area contributed by atoms with Gasteiger partial charge in [-0.1, -0.05) is 0 Å². The van der Waals surface area contributed by atoms with Crippen LogP contribution < -0.4 is 0 Å². The number of hydrogen-bond donors (Lipinski definition) is 0. The summed E-state index contributed by atoms with van der Waals surface area (Å²) in [6, 6.07) is 19.5. The Morgan fingerprint density at radius 2 is 1.56 bits per heavy atom. The second-order valence-corrected chi connectivity index (χ2v) is 7.40. The molecule has 2 aromatic carbocycles. The van der Waals surface area contributed by atoms with Crippen molar-refractivity contribution in [2.75, 3.05) is 6.26 Å². The number of rotatable bonds is 4. The Balaban J connectivity index is 1.83. The Kier molecular flexibility index (Phi) is 4.75. The van der Waals surface area contributed by atoms with Crippen LogP contribution in [0.1, 0.15) is 0 Å². The highest BCUT2D eigenvalue weighted by Gasteiger charge is 2.14. The first-order chi connectivity index (χ1) is 13.1. The Hall–Kier alpha value is -2.96. The van der Waals surface area contributed by atoms with Crippen molar-refractivity contribution >= 4 is 11.2 Å². The van der Waals surface area contributed by atoms with Crippen LogP contribution in [0.3, 0.4) is 0 Å². The quantitative estimate of drug-likeness (QED) is 0.493. The molecular weight excluding hydrogens is 361 g/mol. The van der Waals surface area contributed by atoms with Crippen LogP contribution in [0.25, 0.3) is 28.2 Å². The molecule has 2 aromatic heterocycles. The SMILES string of the molecule is C[S+]([O-])c1ccc(-c2cc(-c3ccncc3)n(-c3ccc(F)cc3)n2)cc1. The van der Waals surface area contributed by atoms with Crippen LogP contribution in [0.15, 0.2) is 84.0 Å². The fourth-order valence-corrected chi connectivity index (χ4v) is 3.37. The molecule has 4 aromatic rings. The summed E-state index contributed by atoms with van der Waals surface area (Å²) in [5.41, 5.74) is 4.29. The average Bonchev–Trinajstić information content (AvgIpc) is 3.15. The summed E-state index contributed by atoms with van der Waals surface area (Å²) in [6.45, 7) is 0. The van der Waals surface area contributed by atoms with Crippen molar-refractivity contribution < 1.29 is 8.94 Å². The van der Waals surface area contributed by atoms with E-state index in [1.807, 2.05) is 42.5 Å². The molecule has 0 amide bonds. The summed E-state index contributed by atoms with van der Waals surface area (Å²) >= 11 is -1.02. The molecule has 4 nitrogen and oxygen atoms in total. The van der Waals surface area contributed by atoms with Gasteiger partial charge >= 0.3 is 0 Å². The molecule has 0 aliphatic rings. The first kappa shape index (κ1) is 17.5. The van der Waals surface area contributed by atoms with Gasteiger partial charge < -0.3 is 4.55 Å². The van der Waals surface area contributed by atoms with E-state index in [1.54, 1.807) is 35.5 Å². The van der Waals surface area contributed by atoms with Crippen LogP contribution in [0.5, 0.6) is 0 Å². The number of aromatic nitrogens is 3. The highest BCUT2D eigenvalue weighted by molar-refractivity contribution is 7.90. The molecule has 0 bridgehead atoms. The second-order valence-electron chi connectivity index (χ2n) is 6.02. The van der Waals surface area contributed by atoms with E-state index in [1.165, 1.54) is 12.1 Å². The predicted octanol–water partition coefficient (Wildman–Crippen LogP) is 4.48. The lowest BCUT2D eigenvalue weighted by atomic mass is 10.1. The highest BCUT2D eigenvalue weighted by atomic mass is 32.2. The normalized spacial score (nSPS) is 12.1. The third-order valence-corrected chi connectivity index (χ3v) is 5.17. The first-order valence-electron chi connectivity index (χ1n) is 8.32. The van der Waals surface area contributed by atoms with E-state index in [2.05, 4.69) is 4.98 Å². The molecule has 1 atom stereocenters. The molecule has 27 heavy (non-hydrogen) atoms. The number of nitrogens with zero attached hydrogens (tertiary/aromatic N) is 3. The lowest BCUT2D eigenvalue weighted by molar-refractivity contribution is 0.601. The maximum atomic E-state index is 13.3. The molecule has 0 N–H and O–H groups in total. The third-order valence-electron chi connectivity index (χ3n) is 4.24. The Morgan fingerprint density at radius 1 is 0.889 bits per heavy atom. The van der Waals surface area contributed by atoms with Crippen LogP contribution in [-0.2, 0) is 11.2 Å². The minimum atomic E-state index is -1.02. The summed E-state index contributed by atoms with van der Waals surface area (Å²) in [4.78, 5) is 4.84. The smallest absolute Gasteiger partial charge is 0.152 e. The molecule has 1 unspecified atom stereocenters. The zero-order valence-corrected chi connectivity index (χ0v) is 15.4. The third kappa shape index (κ3) is 3.63. The molecule has 0 fully saturated rings. The molecule has 0 saturated heterocycles. The minimum absolute atomic E-state index is 0.292. The van der Waals surface area contributed by atoms with Crippen molar-refractivity contribution in [2.45, 2.75) is 4.90 Å². The van der Waals surface area contributed by atoms with Gasteiger partial charge in [0.05, 0.1) is 17.1 Å². The van der Waals surface area contributed by atoms with Gasteiger partial charge in [-0.25, -0.2) is 9.07 Å². The summed E-state index contributed by atoms with van der Waals surface area (Å²) < 4.78 is 26.7. The van der Waals surface area contributed by atoms with E-state index in [0.29, 0.717) is 0 Å². The van der Waals surface area contributed by atoms with Crippen molar-refractivity contribution in [2.24, 2.45) is 0 Å². The van der Waals surface area contributed by atoms with Gasteiger partial charge in [-0.3, -0.25) is 4.98 Å². The Labute approximate surface area is 159 Å². The van der Waals surface area contributed by atoms with E-state index in [0.717, 1.165) is 33.1 Å². The fraction of sp³-hybridized carbons (Fsp3) is 0.0476. The van der Waals surface area contributed by atoms with Gasteiger partial charge in [-0.05, 0) is 77.9 Å². The monoisotopic (exact) mass is 377 g/mol. The van der Waals surface area contributed by atoms with Crippen molar-refractivity contribution in [1.29, 1.82) is 0 Å². The molecule has 4 rings (SSSR count). The fourth-order valence-electron chi connectivity index (χ4n) is 2.85. The van der Waals surface area contributed by atoms with Crippen LogP contribution in [0.4, 0.5) is 4.39 Å². The van der Waals surface area contributed by atoms with Gasteiger partial charge in [0.1, 0.15) is 12.1 Å². The molecular formula is C21H16FN3OS. The van der Waals surface area contributed by atoms with Gasteiger partial charge in [0.2, 0.25) is 0 Å². The summed E-state index contributed by atoms with van der Waals surface area (Å²) in [5, 5.41) is 4.73. The van der Waals surface area contributed by atoms with Crippen LogP contribution in [-0.4, -0.2) is 25.6 Å². The van der Waals surface area contributed by atoms with Crippen molar-refractivity contribution in [3.8, 4) is 28.2 Å². The molecule has 0 saturated carbocycles. The number of benzene rings is 2. The van der Waals surface area contributed by atoms with Gasteiger partial charge in [0.15, 0.2) is 4.90 Å². The zero-order chi connectivity index (χ0) is 18.8. The number of halogens is 1. The summed E-state index contributed by atoms with van der Waals surface area (Å²) in [7, 11) is 0. The van der Waals surface area contributed by atoms with Crippen molar-refractivity contribution in [3.63, 3.8) is 0 Å². The van der Waals surface area contributed by atoms with Crippen molar-refractivity contribution in [1.82, 2.24) is 14.8 Å². The van der Waals surface area contributed by atoms with E-state index >= 15 is 0 Å². The van der Waals surface area contributed by atoms with E-state index < -0.39 is 11.2 Å². The maximum absolute atomic E-state index is 13.3. The standard InChI is InChI=1S/C21H16FN3OS/c1-27(26)19-8-2-15(3-9-19)20-14-21(16-10-12-23-13-11-16)25(24-20)18-6-4-17(22)5-7-18/h2-14H,1H3. The van der Waals surface area contributed by atoms with E-state index in [4.69, 9.17) is 5.10 Å². The predicted molar refractivity (Wildman–Crippen MR) is 105 cm³/mol. The van der Waals surface area contributed by atoms with Gasteiger partial charge in [-0.15, -0.1) is 0 Å². The first-order valence-corrected chi connectivity index (χ1v) is 9.88. The minimum Gasteiger partial charge on any atom is -0.612 e. The van der Waals surface area contributed by atoms with Crippen LogP contribution in [0, 0.1) is 5.82 Å². The van der Waals surface area contributed by atoms with Crippen molar-refractivity contribution in [3.05, 3.63) is 84.9 Å². The van der Waals surface area contributed by atoms with Gasteiger partial charge in [-0.2, -0.15) is 5.10 Å².